The van der Waals surface area contributed by atoms with Gasteiger partial charge in [-0.05, 0) is 24.6 Å². The van der Waals surface area contributed by atoms with Crippen molar-refractivity contribution in [3.05, 3.63) is 28.0 Å². The minimum Gasteiger partial charge on any atom is -0.478 e. The zero-order valence-corrected chi connectivity index (χ0v) is 11.5. The molecule has 0 aromatic carbocycles. The van der Waals surface area contributed by atoms with Gasteiger partial charge in [0.1, 0.15) is 0 Å². The highest BCUT2D eigenvalue weighted by molar-refractivity contribution is 7.12. The second-order valence-electron chi connectivity index (χ2n) is 3.85. The highest BCUT2D eigenvalue weighted by atomic mass is 32.1. The number of methoxy groups -OCH3 is 1. The topological polar surface area (TPSA) is 75.6 Å². The second kappa shape index (κ2) is 8.44. The van der Waals surface area contributed by atoms with Crippen molar-refractivity contribution in [1.82, 2.24) is 5.32 Å². The van der Waals surface area contributed by atoms with Gasteiger partial charge in [0.2, 0.25) is 5.91 Å². The third-order valence-corrected chi connectivity index (χ3v) is 3.34. The van der Waals surface area contributed by atoms with Crippen LogP contribution in [-0.4, -0.2) is 30.7 Å². The Hall–Kier alpha value is -1.66. The molecule has 0 aliphatic carbocycles. The van der Waals surface area contributed by atoms with Gasteiger partial charge in [-0.3, -0.25) is 4.79 Å². The molecule has 5 nitrogen and oxygen atoms in total. The molecular formula is C13H17NO4S. The van der Waals surface area contributed by atoms with Crippen LogP contribution in [0.25, 0.3) is 6.08 Å². The Morgan fingerprint density at radius 1 is 1.47 bits per heavy atom. The number of carbonyl (C=O) groups excluding carboxylic acids is 1. The number of carboxylic acids is 1. The third kappa shape index (κ3) is 6.73. The van der Waals surface area contributed by atoms with Crippen LogP contribution >= 0.6 is 11.3 Å². The molecule has 1 aromatic rings. The maximum absolute atomic E-state index is 11.5. The maximum atomic E-state index is 11.5. The van der Waals surface area contributed by atoms with Crippen molar-refractivity contribution in [1.29, 1.82) is 0 Å². The van der Waals surface area contributed by atoms with E-state index in [1.165, 1.54) is 17.4 Å². The lowest BCUT2D eigenvalue weighted by Gasteiger charge is -2.02. The molecule has 0 aliphatic heterocycles. The quantitative estimate of drug-likeness (QED) is 0.564. The Kier molecular flexibility index (Phi) is 6.84. The van der Waals surface area contributed by atoms with Gasteiger partial charge in [-0.25, -0.2) is 4.79 Å². The Morgan fingerprint density at radius 3 is 2.95 bits per heavy atom. The lowest BCUT2D eigenvalue weighted by atomic mass is 10.3. The zero-order chi connectivity index (χ0) is 14.1. The van der Waals surface area contributed by atoms with E-state index in [-0.39, 0.29) is 5.91 Å². The van der Waals surface area contributed by atoms with E-state index in [1.54, 1.807) is 7.11 Å². The molecule has 0 atom stereocenters. The van der Waals surface area contributed by atoms with Crippen LogP contribution in [0, 0.1) is 0 Å². The average Bonchev–Trinajstić information content (AvgIpc) is 2.82. The monoisotopic (exact) mass is 283 g/mol. The smallest absolute Gasteiger partial charge is 0.328 e. The maximum Gasteiger partial charge on any atom is 0.328 e. The van der Waals surface area contributed by atoms with Gasteiger partial charge >= 0.3 is 5.97 Å². The van der Waals surface area contributed by atoms with Gasteiger partial charge in [-0.2, -0.15) is 0 Å². The van der Waals surface area contributed by atoms with Crippen LogP contribution in [0.15, 0.2) is 18.2 Å². The van der Waals surface area contributed by atoms with Gasteiger partial charge in [0.25, 0.3) is 0 Å². The minimum absolute atomic E-state index is 0.00641. The summed E-state index contributed by atoms with van der Waals surface area (Å²) in [6.07, 6.45) is 3.79. The molecule has 0 spiro atoms. The van der Waals surface area contributed by atoms with Crippen LogP contribution in [0.3, 0.4) is 0 Å². The molecule has 0 aliphatic rings. The fourth-order valence-corrected chi connectivity index (χ4v) is 2.24. The van der Waals surface area contributed by atoms with E-state index in [1.807, 2.05) is 12.1 Å². The van der Waals surface area contributed by atoms with E-state index >= 15 is 0 Å². The molecule has 1 heterocycles. The normalized spacial score (nSPS) is 10.8. The molecule has 0 fully saturated rings. The first-order chi connectivity index (χ1) is 9.11. The predicted octanol–water partition coefficient (Wildman–Crippen LogP) is 1.89. The second-order valence-corrected chi connectivity index (χ2v) is 5.05. The molecule has 1 amide bonds. The standard InChI is InChI=1S/C13H17NO4S/c1-18-8-2-3-12(15)14-9-11-5-4-10(19-11)6-7-13(16)17/h4-7H,2-3,8-9H2,1H3,(H,14,15)(H,16,17). The Bertz CT molecular complexity index is 453. The first-order valence-corrected chi connectivity index (χ1v) is 6.69. The van der Waals surface area contributed by atoms with Gasteiger partial charge in [-0.1, -0.05) is 0 Å². The summed E-state index contributed by atoms with van der Waals surface area (Å²) in [5.41, 5.74) is 0. The van der Waals surface area contributed by atoms with Gasteiger partial charge in [0.15, 0.2) is 0 Å². The van der Waals surface area contributed by atoms with Crippen molar-refractivity contribution < 1.29 is 19.4 Å². The molecule has 0 saturated heterocycles. The number of ether oxygens (including phenoxy) is 1. The van der Waals surface area contributed by atoms with Crippen LogP contribution < -0.4 is 5.32 Å². The molecule has 19 heavy (non-hydrogen) atoms. The third-order valence-electron chi connectivity index (χ3n) is 2.28. The molecule has 0 bridgehead atoms. The molecule has 1 aromatic heterocycles. The summed E-state index contributed by atoms with van der Waals surface area (Å²) in [4.78, 5) is 23.7. The van der Waals surface area contributed by atoms with Gasteiger partial charge in [-0.15, -0.1) is 11.3 Å². The van der Waals surface area contributed by atoms with Crippen LogP contribution in [0.4, 0.5) is 0 Å². The summed E-state index contributed by atoms with van der Waals surface area (Å²) < 4.78 is 4.87. The number of carboxylic acid groups (broad SMARTS) is 1. The molecular weight excluding hydrogens is 266 g/mol. The summed E-state index contributed by atoms with van der Waals surface area (Å²) in [5.74, 6) is -0.977. The van der Waals surface area contributed by atoms with Gasteiger partial charge in [0, 0.05) is 36.0 Å². The van der Waals surface area contributed by atoms with Crippen LogP contribution in [-0.2, 0) is 20.9 Å². The molecule has 6 heteroatoms. The van der Waals surface area contributed by atoms with E-state index in [0.717, 1.165) is 15.8 Å². The summed E-state index contributed by atoms with van der Waals surface area (Å²) in [5, 5.41) is 11.3. The molecule has 0 unspecified atom stereocenters. The fraction of sp³-hybridized carbons (Fsp3) is 0.385. The molecule has 0 radical (unpaired) electrons. The number of nitrogens with one attached hydrogen (secondary N) is 1. The Balaban J connectivity index is 2.33. The van der Waals surface area contributed by atoms with E-state index in [4.69, 9.17) is 9.84 Å². The number of hydrogen-bond acceptors (Lipinski definition) is 4. The number of aliphatic carboxylic acids is 1. The van der Waals surface area contributed by atoms with Crippen LogP contribution in [0.5, 0.6) is 0 Å². The molecule has 1 rings (SSSR count). The van der Waals surface area contributed by atoms with E-state index < -0.39 is 5.97 Å². The number of hydrogen-bond donors (Lipinski definition) is 2. The van der Waals surface area contributed by atoms with E-state index in [2.05, 4.69) is 5.32 Å². The zero-order valence-electron chi connectivity index (χ0n) is 10.7. The van der Waals surface area contributed by atoms with E-state index in [0.29, 0.717) is 26.0 Å². The summed E-state index contributed by atoms with van der Waals surface area (Å²) >= 11 is 1.46. The predicted molar refractivity (Wildman–Crippen MR) is 73.9 cm³/mol. The van der Waals surface area contributed by atoms with Gasteiger partial charge in [0.05, 0.1) is 6.54 Å². The highest BCUT2D eigenvalue weighted by Gasteiger charge is 2.03. The van der Waals surface area contributed by atoms with Crippen LogP contribution in [0.1, 0.15) is 22.6 Å². The van der Waals surface area contributed by atoms with Crippen LogP contribution in [0.2, 0.25) is 0 Å². The summed E-state index contributed by atoms with van der Waals surface area (Å²) in [7, 11) is 1.61. The number of rotatable bonds is 8. The minimum atomic E-state index is -0.971. The average molecular weight is 283 g/mol. The van der Waals surface area contributed by atoms with E-state index in [9.17, 15) is 9.59 Å². The summed E-state index contributed by atoms with van der Waals surface area (Å²) in [6.45, 7) is 1.05. The lowest BCUT2D eigenvalue weighted by Crippen LogP contribution is -2.22. The van der Waals surface area contributed by atoms with Gasteiger partial charge < -0.3 is 15.2 Å². The fourth-order valence-electron chi connectivity index (χ4n) is 1.38. The number of carbonyl (C=O) groups is 2. The Labute approximate surface area is 115 Å². The lowest BCUT2D eigenvalue weighted by molar-refractivity contribution is -0.131. The SMILES string of the molecule is COCCCC(=O)NCc1ccc(C=CC(=O)O)s1. The molecule has 104 valence electrons. The number of amides is 1. The van der Waals surface area contributed by atoms with Crippen molar-refractivity contribution in [2.75, 3.05) is 13.7 Å². The van der Waals surface area contributed by atoms with Crippen molar-refractivity contribution in [3.8, 4) is 0 Å². The van der Waals surface area contributed by atoms with Crippen molar-refractivity contribution in [2.24, 2.45) is 0 Å². The first-order valence-electron chi connectivity index (χ1n) is 5.87. The van der Waals surface area contributed by atoms with Crippen molar-refractivity contribution in [2.45, 2.75) is 19.4 Å². The largest absolute Gasteiger partial charge is 0.478 e. The first kappa shape index (κ1) is 15.4. The van der Waals surface area contributed by atoms with Crippen molar-refractivity contribution in [3.63, 3.8) is 0 Å². The molecule has 0 saturated carbocycles. The Morgan fingerprint density at radius 2 is 2.26 bits per heavy atom. The summed E-state index contributed by atoms with van der Waals surface area (Å²) in [6, 6.07) is 3.71. The van der Waals surface area contributed by atoms with Crippen molar-refractivity contribution >= 4 is 29.3 Å². The molecule has 2 N–H and O–H groups in total. The highest BCUT2D eigenvalue weighted by Crippen LogP contribution is 2.17. The number of thiophene rings is 1.